The normalized spacial score (nSPS) is 25.6. The van der Waals surface area contributed by atoms with Gasteiger partial charge in [0, 0.05) is 18.5 Å². The Labute approximate surface area is 101 Å². The highest BCUT2D eigenvalue weighted by Gasteiger charge is 2.23. The van der Waals surface area contributed by atoms with E-state index < -0.39 is 0 Å². The van der Waals surface area contributed by atoms with Crippen molar-refractivity contribution < 1.29 is 0 Å². The van der Waals surface area contributed by atoms with Crippen LogP contribution in [0.2, 0.25) is 0 Å². The lowest BCUT2D eigenvalue weighted by Crippen LogP contribution is -2.41. The van der Waals surface area contributed by atoms with Crippen LogP contribution in [-0.4, -0.2) is 30.1 Å². The van der Waals surface area contributed by atoms with Gasteiger partial charge in [0.15, 0.2) is 0 Å². The predicted molar refractivity (Wildman–Crippen MR) is 70.2 cm³/mol. The average Bonchev–Trinajstić information content (AvgIpc) is 2.29. The van der Waals surface area contributed by atoms with Gasteiger partial charge < -0.3 is 10.6 Å². The van der Waals surface area contributed by atoms with Crippen molar-refractivity contribution in [1.29, 1.82) is 0 Å². The van der Waals surface area contributed by atoms with Crippen molar-refractivity contribution in [3.05, 3.63) is 0 Å². The molecule has 0 unspecified atom stereocenters. The summed E-state index contributed by atoms with van der Waals surface area (Å²) in [4.78, 5) is 2.63. The van der Waals surface area contributed by atoms with E-state index in [0.29, 0.717) is 6.04 Å². The SMILES string of the molecule is C#CCCCN(CCC)C1CCC(N)CC1. The van der Waals surface area contributed by atoms with Crippen LogP contribution in [0.25, 0.3) is 0 Å². The van der Waals surface area contributed by atoms with Crippen molar-refractivity contribution in [3.8, 4) is 12.3 Å². The van der Waals surface area contributed by atoms with Crippen LogP contribution >= 0.6 is 0 Å². The molecule has 16 heavy (non-hydrogen) atoms. The van der Waals surface area contributed by atoms with Crippen molar-refractivity contribution in [2.24, 2.45) is 5.73 Å². The van der Waals surface area contributed by atoms with E-state index in [1.807, 2.05) is 0 Å². The molecule has 0 aliphatic heterocycles. The Morgan fingerprint density at radius 1 is 1.25 bits per heavy atom. The predicted octanol–water partition coefficient (Wildman–Crippen LogP) is 2.38. The minimum absolute atomic E-state index is 0.449. The molecule has 92 valence electrons. The number of unbranched alkanes of at least 4 members (excludes halogenated alkanes) is 1. The number of hydrogen-bond donors (Lipinski definition) is 1. The van der Waals surface area contributed by atoms with Crippen LogP contribution in [0.4, 0.5) is 0 Å². The van der Waals surface area contributed by atoms with Gasteiger partial charge >= 0.3 is 0 Å². The van der Waals surface area contributed by atoms with E-state index in [2.05, 4.69) is 17.7 Å². The summed E-state index contributed by atoms with van der Waals surface area (Å²) in [6.07, 6.45) is 13.5. The summed E-state index contributed by atoms with van der Waals surface area (Å²) < 4.78 is 0. The van der Waals surface area contributed by atoms with Gasteiger partial charge in [-0.1, -0.05) is 6.92 Å². The lowest BCUT2D eigenvalue weighted by atomic mass is 9.90. The minimum atomic E-state index is 0.449. The highest BCUT2D eigenvalue weighted by atomic mass is 15.1. The molecule has 0 bridgehead atoms. The maximum absolute atomic E-state index is 5.95. The molecule has 2 nitrogen and oxygen atoms in total. The molecule has 0 radical (unpaired) electrons. The molecule has 0 saturated heterocycles. The first-order valence-corrected chi connectivity index (χ1v) is 6.71. The maximum atomic E-state index is 5.95. The van der Waals surface area contributed by atoms with Gasteiger partial charge in [0.2, 0.25) is 0 Å². The van der Waals surface area contributed by atoms with Gasteiger partial charge in [0.05, 0.1) is 0 Å². The molecule has 1 saturated carbocycles. The quantitative estimate of drug-likeness (QED) is 0.552. The Hall–Kier alpha value is -0.520. The Kier molecular flexibility index (Phi) is 6.52. The highest BCUT2D eigenvalue weighted by Crippen LogP contribution is 2.22. The number of rotatable bonds is 6. The lowest BCUT2D eigenvalue weighted by molar-refractivity contribution is 0.148. The zero-order valence-electron chi connectivity index (χ0n) is 10.6. The lowest BCUT2D eigenvalue weighted by Gasteiger charge is -2.36. The second-order valence-electron chi connectivity index (χ2n) is 4.91. The van der Waals surface area contributed by atoms with Gasteiger partial charge in [-0.2, -0.15) is 0 Å². The van der Waals surface area contributed by atoms with E-state index in [4.69, 9.17) is 12.2 Å². The summed E-state index contributed by atoms with van der Waals surface area (Å²) in [6.45, 7) is 4.63. The van der Waals surface area contributed by atoms with E-state index in [9.17, 15) is 0 Å². The van der Waals surface area contributed by atoms with Crippen LogP contribution < -0.4 is 5.73 Å². The summed E-state index contributed by atoms with van der Waals surface area (Å²) in [5.74, 6) is 2.73. The molecule has 1 aliphatic rings. The van der Waals surface area contributed by atoms with E-state index in [-0.39, 0.29) is 0 Å². The van der Waals surface area contributed by atoms with Crippen molar-refractivity contribution in [2.45, 2.75) is 64.0 Å². The van der Waals surface area contributed by atoms with Crippen LogP contribution in [-0.2, 0) is 0 Å². The van der Waals surface area contributed by atoms with Gasteiger partial charge in [0.25, 0.3) is 0 Å². The van der Waals surface area contributed by atoms with Crippen LogP contribution in [0, 0.1) is 12.3 Å². The highest BCUT2D eigenvalue weighted by molar-refractivity contribution is 4.85. The van der Waals surface area contributed by atoms with Crippen LogP contribution in [0.15, 0.2) is 0 Å². The van der Waals surface area contributed by atoms with Crippen LogP contribution in [0.5, 0.6) is 0 Å². The molecular formula is C14H26N2. The Bertz CT molecular complexity index is 211. The number of nitrogens with zero attached hydrogens (tertiary/aromatic N) is 1. The first-order chi connectivity index (χ1) is 7.77. The molecule has 0 heterocycles. The third-order valence-corrected chi connectivity index (χ3v) is 3.54. The van der Waals surface area contributed by atoms with Gasteiger partial charge in [-0.3, -0.25) is 0 Å². The topological polar surface area (TPSA) is 29.3 Å². The van der Waals surface area contributed by atoms with Crippen LogP contribution in [0.1, 0.15) is 51.9 Å². The second-order valence-corrected chi connectivity index (χ2v) is 4.91. The molecule has 1 aliphatic carbocycles. The monoisotopic (exact) mass is 222 g/mol. The van der Waals surface area contributed by atoms with Crippen LogP contribution in [0.3, 0.4) is 0 Å². The molecule has 0 aromatic rings. The first kappa shape index (κ1) is 13.5. The maximum Gasteiger partial charge on any atom is 0.00982 e. The van der Waals surface area contributed by atoms with Gasteiger partial charge in [0.1, 0.15) is 0 Å². The molecule has 1 rings (SSSR count). The zero-order valence-corrected chi connectivity index (χ0v) is 10.6. The Morgan fingerprint density at radius 3 is 2.50 bits per heavy atom. The number of nitrogens with two attached hydrogens (primary N) is 1. The first-order valence-electron chi connectivity index (χ1n) is 6.71. The minimum Gasteiger partial charge on any atom is -0.328 e. The van der Waals surface area contributed by atoms with Crippen molar-refractivity contribution in [3.63, 3.8) is 0 Å². The number of hydrogen-bond acceptors (Lipinski definition) is 2. The number of terminal acetylenes is 1. The summed E-state index contributed by atoms with van der Waals surface area (Å²) >= 11 is 0. The third-order valence-electron chi connectivity index (χ3n) is 3.54. The Balaban J connectivity index is 2.33. The molecule has 0 spiro atoms. The van der Waals surface area contributed by atoms with E-state index >= 15 is 0 Å². The molecule has 1 fully saturated rings. The molecule has 2 heteroatoms. The third kappa shape index (κ3) is 4.55. The fourth-order valence-corrected chi connectivity index (χ4v) is 2.62. The molecule has 0 aromatic heterocycles. The van der Waals surface area contributed by atoms with E-state index in [1.165, 1.54) is 38.6 Å². The van der Waals surface area contributed by atoms with E-state index in [1.54, 1.807) is 0 Å². The second kappa shape index (κ2) is 7.70. The molecular weight excluding hydrogens is 196 g/mol. The fraction of sp³-hybridized carbons (Fsp3) is 0.857. The molecule has 0 amide bonds. The molecule has 2 N–H and O–H groups in total. The average molecular weight is 222 g/mol. The van der Waals surface area contributed by atoms with Gasteiger partial charge in [-0.15, -0.1) is 12.3 Å². The van der Waals surface area contributed by atoms with Crippen molar-refractivity contribution >= 4 is 0 Å². The standard InChI is InChI=1S/C14H26N2/c1-3-5-6-12-16(11-4-2)14-9-7-13(15)8-10-14/h1,13-14H,4-12,15H2,2H3. The van der Waals surface area contributed by atoms with E-state index in [0.717, 1.165) is 25.4 Å². The smallest absolute Gasteiger partial charge is 0.00982 e. The molecule has 0 atom stereocenters. The van der Waals surface area contributed by atoms with Gasteiger partial charge in [-0.05, 0) is 51.6 Å². The van der Waals surface area contributed by atoms with Crippen molar-refractivity contribution in [2.75, 3.05) is 13.1 Å². The fourth-order valence-electron chi connectivity index (χ4n) is 2.62. The summed E-state index contributed by atoms with van der Waals surface area (Å²) in [7, 11) is 0. The summed E-state index contributed by atoms with van der Waals surface area (Å²) in [5, 5.41) is 0. The Morgan fingerprint density at radius 2 is 1.94 bits per heavy atom. The zero-order chi connectivity index (χ0) is 11.8. The summed E-state index contributed by atoms with van der Waals surface area (Å²) in [6, 6.07) is 1.21. The van der Waals surface area contributed by atoms with Gasteiger partial charge in [-0.25, -0.2) is 0 Å². The molecule has 0 aromatic carbocycles. The van der Waals surface area contributed by atoms with Crippen molar-refractivity contribution in [1.82, 2.24) is 4.90 Å². The summed E-state index contributed by atoms with van der Waals surface area (Å²) in [5.41, 5.74) is 5.95. The largest absolute Gasteiger partial charge is 0.328 e.